The van der Waals surface area contributed by atoms with Crippen molar-refractivity contribution in [3.63, 3.8) is 0 Å². The van der Waals surface area contributed by atoms with E-state index in [1.54, 1.807) is 0 Å². The van der Waals surface area contributed by atoms with Crippen LogP contribution in [0.15, 0.2) is 0 Å². The first-order valence-electron chi connectivity index (χ1n) is 4.76. The molecule has 78 valence electrons. The molecule has 2 atom stereocenters. The van der Waals surface area contributed by atoms with Gasteiger partial charge < -0.3 is 4.90 Å². The molecule has 2 unspecified atom stereocenters. The van der Waals surface area contributed by atoms with Gasteiger partial charge in [-0.15, -0.1) is 0 Å². The van der Waals surface area contributed by atoms with Crippen LogP contribution in [-0.4, -0.2) is 45.0 Å². The Hall–Kier alpha value is -0.0900. The molecule has 1 rings (SSSR count). The van der Waals surface area contributed by atoms with Crippen molar-refractivity contribution in [3.8, 4) is 0 Å². The van der Waals surface area contributed by atoms with Crippen molar-refractivity contribution in [3.05, 3.63) is 0 Å². The predicted molar refractivity (Wildman–Crippen MR) is 54.6 cm³/mol. The van der Waals surface area contributed by atoms with Gasteiger partial charge in [-0.25, -0.2) is 8.42 Å². The quantitative estimate of drug-likeness (QED) is 0.672. The maximum Gasteiger partial charge on any atom is 0.150 e. The number of sulfone groups is 1. The van der Waals surface area contributed by atoms with Crippen LogP contribution >= 0.6 is 0 Å². The molecule has 4 heteroatoms. The van der Waals surface area contributed by atoms with E-state index in [4.69, 9.17) is 0 Å². The largest absolute Gasteiger partial charge is 0.306 e. The van der Waals surface area contributed by atoms with Gasteiger partial charge in [0.15, 0.2) is 0 Å². The summed E-state index contributed by atoms with van der Waals surface area (Å²) in [5.74, 6) is 0. The van der Waals surface area contributed by atoms with Crippen molar-refractivity contribution in [1.82, 2.24) is 4.90 Å². The molecule has 1 aliphatic carbocycles. The Balaban J connectivity index is 2.62. The number of hydrogen-bond donors (Lipinski definition) is 0. The Bertz CT molecular complexity index is 259. The standard InChI is InChI=1S/C9H19NO2S/c1-10(2)8-5-4-6-9(7-8)13(3,11)12/h8-9H,4-7H2,1-3H3. The van der Waals surface area contributed by atoms with Crippen LogP contribution in [0.1, 0.15) is 25.7 Å². The number of hydrogen-bond acceptors (Lipinski definition) is 3. The maximum absolute atomic E-state index is 11.3. The molecule has 0 amide bonds. The normalized spacial score (nSPS) is 30.8. The predicted octanol–water partition coefficient (Wildman–Crippen LogP) is 0.904. The van der Waals surface area contributed by atoms with Gasteiger partial charge in [-0.05, 0) is 33.4 Å². The SMILES string of the molecule is CN(C)C1CCCC(S(C)(=O)=O)C1. The fourth-order valence-corrected chi connectivity index (χ4v) is 3.14. The molecule has 0 heterocycles. The summed E-state index contributed by atoms with van der Waals surface area (Å²) in [6, 6.07) is 0.452. The minimum absolute atomic E-state index is 0.103. The summed E-state index contributed by atoms with van der Waals surface area (Å²) in [7, 11) is 1.23. The van der Waals surface area contributed by atoms with Gasteiger partial charge in [0.1, 0.15) is 9.84 Å². The van der Waals surface area contributed by atoms with Crippen molar-refractivity contribution >= 4 is 9.84 Å². The monoisotopic (exact) mass is 205 g/mol. The van der Waals surface area contributed by atoms with Crippen LogP contribution in [0.3, 0.4) is 0 Å². The minimum Gasteiger partial charge on any atom is -0.306 e. The fraction of sp³-hybridized carbons (Fsp3) is 1.00. The average molecular weight is 205 g/mol. The van der Waals surface area contributed by atoms with Crippen LogP contribution in [0, 0.1) is 0 Å². The van der Waals surface area contributed by atoms with Gasteiger partial charge in [0.2, 0.25) is 0 Å². The van der Waals surface area contributed by atoms with Crippen LogP contribution in [0.5, 0.6) is 0 Å². The Morgan fingerprint density at radius 2 is 1.85 bits per heavy atom. The highest BCUT2D eigenvalue weighted by Crippen LogP contribution is 2.25. The average Bonchev–Trinajstić information content (AvgIpc) is 2.03. The summed E-state index contributed by atoms with van der Waals surface area (Å²) in [6.45, 7) is 0. The third kappa shape index (κ3) is 2.95. The highest BCUT2D eigenvalue weighted by atomic mass is 32.2. The van der Waals surface area contributed by atoms with Crippen LogP contribution < -0.4 is 0 Å². The first kappa shape index (κ1) is 11.0. The zero-order valence-corrected chi connectivity index (χ0v) is 9.47. The molecule has 0 saturated heterocycles. The molecule has 13 heavy (non-hydrogen) atoms. The molecular weight excluding hydrogens is 186 g/mol. The molecule has 0 radical (unpaired) electrons. The Kier molecular flexibility index (Phi) is 3.35. The van der Waals surface area contributed by atoms with Gasteiger partial charge >= 0.3 is 0 Å². The third-order valence-electron chi connectivity index (χ3n) is 2.93. The van der Waals surface area contributed by atoms with Crippen LogP contribution in [0.25, 0.3) is 0 Å². The van der Waals surface area contributed by atoms with Gasteiger partial charge in [0, 0.05) is 12.3 Å². The van der Waals surface area contributed by atoms with Crippen molar-refractivity contribution in [2.75, 3.05) is 20.4 Å². The van der Waals surface area contributed by atoms with E-state index in [0.29, 0.717) is 6.04 Å². The zero-order valence-electron chi connectivity index (χ0n) is 8.66. The first-order valence-corrected chi connectivity index (χ1v) is 6.72. The second kappa shape index (κ2) is 3.96. The second-order valence-corrected chi connectivity index (χ2v) is 6.56. The Labute approximate surface area is 81.0 Å². The molecular formula is C9H19NO2S. The second-order valence-electron chi connectivity index (χ2n) is 4.24. The lowest BCUT2D eigenvalue weighted by Gasteiger charge is -2.32. The van der Waals surface area contributed by atoms with Gasteiger partial charge in [0.05, 0.1) is 5.25 Å². The number of nitrogens with zero attached hydrogens (tertiary/aromatic N) is 1. The minimum atomic E-state index is -2.82. The summed E-state index contributed by atoms with van der Waals surface area (Å²) in [5, 5.41) is -0.103. The van der Waals surface area contributed by atoms with Crippen LogP contribution in [0.4, 0.5) is 0 Å². The van der Waals surface area contributed by atoms with Crippen LogP contribution in [0.2, 0.25) is 0 Å². The summed E-state index contributed by atoms with van der Waals surface area (Å²) in [4.78, 5) is 2.14. The van der Waals surface area contributed by atoms with E-state index >= 15 is 0 Å². The number of rotatable bonds is 2. The highest BCUT2D eigenvalue weighted by Gasteiger charge is 2.29. The fourth-order valence-electron chi connectivity index (χ4n) is 1.98. The highest BCUT2D eigenvalue weighted by molar-refractivity contribution is 7.91. The van der Waals surface area contributed by atoms with Gasteiger partial charge in [0.25, 0.3) is 0 Å². The van der Waals surface area contributed by atoms with E-state index in [0.717, 1.165) is 25.7 Å². The molecule has 1 fully saturated rings. The summed E-state index contributed by atoms with van der Waals surface area (Å²) >= 11 is 0. The molecule has 0 N–H and O–H groups in total. The van der Waals surface area contributed by atoms with E-state index in [-0.39, 0.29) is 5.25 Å². The van der Waals surface area contributed by atoms with E-state index in [1.807, 2.05) is 14.1 Å². The Morgan fingerprint density at radius 1 is 1.23 bits per heavy atom. The molecule has 0 bridgehead atoms. The molecule has 0 aromatic carbocycles. The molecule has 1 aliphatic rings. The lowest BCUT2D eigenvalue weighted by molar-refractivity contribution is 0.230. The van der Waals surface area contributed by atoms with Crippen molar-refractivity contribution in [2.45, 2.75) is 37.0 Å². The molecule has 0 aromatic rings. The Morgan fingerprint density at radius 3 is 2.31 bits per heavy atom. The van der Waals surface area contributed by atoms with E-state index < -0.39 is 9.84 Å². The van der Waals surface area contributed by atoms with E-state index in [2.05, 4.69) is 4.90 Å². The first-order chi connectivity index (χ1) is 5.91. The zero-order chi connectivity index (χ0) is 10.1. The van der Waals surface area contributed by atoms with Crippen LogP contribution in [-0.2, 0) is 9.84 Å². The van der Waals surface area contributed by atoms with E-state index in [1.165, 1.54) is 6.26 Å². The topological polar surface area (TPSA) is 37.4 Å². The van der Waals surface area contributed by atoms with Gasteiger partial charge in [-0.3, -0.25) is 0 Å². The molecule has 1 saturated carbocycles. The molecule has 0 spiro atoms. The van der Waals surface area contributed by atoms with Crippen molar-refractivity contribution in [2.24, 2.45) is 0 Å². The van der Waals surface area contributed by atoms with Gasteiger partial charge in [-0.1, -0.05) is 6.42 Å². The van der Waals surface area contributed by atoms with Gasteiger partial charge in [-0.2, -0.15) is 0 Å². The lowest BCUT2D eigenvalue weighted by Crippen LogP contribution is -2.38. The maximum atomic E-state index is 11.3. The van der Waals surface area contributed by atoms with E-state index in [9.17, 15) is 8.42 Å². The molecule has 0 aromatic heterocycles. The lowest BCUT2D eigenvalue weighted by atomic mass is 9.94. The van der Waals surface area contributed by atoms with Crippen molar-refractivity contribution in [1.29, 1.82) is 0 Å². The summed E-state index contributed by atoms with van der Waals surface area (Å²) in [5.41, 5.74) is 0. The third-order valence-corrected chi connectivity index (χ3v) is 4.57. The molecule has 3 nitrogen and oxygen atoms in total. The molecule has 0 aliphatic heterocycles. The smallest absolute Gasteiger partial charge is 0.150 e. The van der Waals surface area contributed by atoms with Crippen molar-refractivity contribution < 1.29 is 8.42 Å². The summed E-state index contributed by atoms with van der Waals surface area (Å²) < 4.78 is 22.7. The summed E-state index contributed by atoms with van der Waals surface area (Å²) in [6.07, 6.45) is 5.20.